The lowest BCUT2D eigenvalue weighted by Gasteiger charge is -2.43. The van der Waals surface area contributed by atoms with Crippen LogP contribution in [0.3, 0.4) is 0 Å². The van der Waals surface area contributed by atoms with Crippen molar-refractivity contribution in [3.8, 4) is 28.4 Å². The maximum atomic E-state index is 14.8. The smallest absolute Gasteiger partial charge is 0.187 e. The first-order chi connectivity index (χ1) is 16.7. The lowest BCUT2D eigenvalue weighted by Crippen LogP contribution is -2.47. The maximum Gasteiger partial charge on any atom is 0.187 e. The molecule has 1 saturated carbocycles. The Morgan fingerprint density at radius 1 is 1.23 bits per heavy atom. The number of hydrogen-bond acceptors (Lipinski definition) is 8. The van der Waals surface area contributed by atoms with Crippen molar-refractivity contribution in [2.45, 2.75) is 63.3 Å². The minimum atomic E-state index is -0.934. The second kappa shape index (κ2) is 10.4. The van der Waals surface area contributed by atoms with Gasteiger partial charge in [0.25, 0.3) is 0 Å². The molecule has 2 aromatic heterocycles. The van der Waals surface area contributed by atoms with Gasteiger partial charge >= 0.3 is 0 Å². The van der Waals surface area contributed by atoms with Crippen molar-refractivity contribution < 1.29 is 13.9 Å². The first kappa shape index (κ1) is 25.2. The number of aromatic nitrogens is 5. The second-order valence-corrected chi connectivity index (χ2v) is 10.2. The molecular formula is C25H30F2N6OS. The van der Waals surface area contributed by atoms with Crippen molar-refractivity contribution in [3.63, 3.8) is 0 Å². The summed E-state index contributed by atoms with van der Waals surface area (Å²) in [4.78, 5) is 14.3. The monoisotopic (exact) mass is 500 g/mol. The molecule has 0 saturated heterocycles. The minimum absolute atomic E-state index is 0.102. The van der Waals surface area contributed by atoms with Gasteiger partial charge in [0.05, 0.1) is 24.0 Å². The molecule has 10 heteroatoms. The summed E-state index contributed by atoms with van der Waals surface area (Å²) in [5, 5.41) is 19.5. The molecule has 0 radical (unpaired) electrons. The average molecular weight is 501 g/mol. The Labute approximate surface area is 208 Å². The van der Waals surface area contributed by atoms with E-state index in [4.69, 9.17) is 0 Å². The molecule has 1 fully saturated rings. The zero-order valence-corrected chi connectivity index (χ0v) is 21.2. The van der Waals surface area contributed by atoms with Crippen molar-refractivity contribution in [1.82, 2.24) is 25.1 Å². The molecule has 1 N–H and O–H groups in total. The first-order valence-corrected chi connectivity index (χ1v) is 12.9. The molecule has 2 heterocycles. The fourth-order valence-corrected chi connectivity index (χ4v) is 5.21. The number of phenols is 1. The Morgan fingerprint density at radius 3 is 2.69 bits per heavy atom. The van der Waals surface area contributed by atoms with E-state index < -0.39 is 12.0 Å². The SMILES string of the molecule is CCC[C@]1(C)CC[C@H](F)[C@H](N(C)c2cnc(-c3ccc(-c4nc(SC)ncc4F)cc3O)nn2)C1. The van der Waals surface area contributed by atoms with Crippen molar-refractivity contribution in [2.75, 3.05) is 18.2 Å². The summed E-state index contributed by atoms with van der Waals surface area (Å²) in [5.41, 5.74) is 0.980. The van der Waals surface area contributed by atoms with E-state index in [1.165, 1.54) is 17.8 Å². The highest BCUT2D eigenvalue weighted by molar-refractivity contribution is 7.98. The van der Waals surface area contributed by atoms with Gasteiger partial charge in [0.15, 0.2) is 22.6 Å². The molecule has 3 atom stereocenters. The lowest BCUT2D eigenvalue weighted by molar-refractivity contribution is 0.102. The molecule has 1 aliphatic carbocycles. The van der Waals surface area contributed by atoms with Gasteiger partial charge in [0.1, 0.15) is 17.6 Å². The van der Waals surface area contributed by atoms with Gasteiger partial charge in [-0.1, -0.05) is 38.1 Å². The fraction of sp³-hybridized carbons (Fsp3) is 0.480. The number of alkyl halides is 1. The summed E-state index contributed by atoms with van der Waals surface area (Å²) < 4.78 is 29.1. The molecule has 4 rings (SSSR count). The summed E-state index contributed by atoms with van der Waals surface area (Å²) in [6.07, 6.45) is 7.85. The zero-order chi connectivity index (χ0) is 25.2. The third kappa shape index (κ3) is 5.37. The van der Waals surface area contributed by atoms with Crippen LogP contribution >= 0.6 is 11.8 Å². The predicted molar refractivity (Wildman–Crippen MR) is 134 cm³/mol. The molecule has 7 nitrogen and oxygen atoms in total. The van der Waals surface area contributed by atoms with Crippen molar-refractivity contribution >= 4 is 17.6 Å². The quantitative estimate of drug-likeness (QED) is 0.327. The Kier molecular flexibility index (Phi) is 7.49. The van der Waals surface area contributed by atoms with Gasteiger partial charge in [-0.05, 0) is 49.5 Å². The van der Waals surface area contributed by atoms with E-state index in [1.807, 2.05) is 11.9 Å². The van der Waals surface area contributed by atoms with Crippen LogP contribution in [0.15, 0.2) is 35.7 Å². The lowest BCUT2D eigenvalue weighted by atomic mass is 9.70. The molecule has 186 valence electrons. The van der Waals surface area contributed by atoms with E-state index in [1.54, 1.807) is 24.6 Å². The number of aromatic hydroxyl groups is 1. The maximum absolute atomic E-state index is 14.8. The molecule has 0 bridgehead atoms. The second-order valence-electron chi connectivity index (χ2n) is 9.42. The average Bonchev–Trinajstić information content (AvgIpc) is 2.86. The Bertz CT molecular complexity index is 1180. The van der Waals surface area contributed by atoms with Crippen LogP contribution in [0, 0.1) is 11.2 Å². The van der Waals surface area contributed by atoms with Gasteiger partial charge in [-0.15, -0.1) is 10.2 Å². The van der Waals surface area contributed by atoms with Crippen LogP contribution in [0.2, 0.25) is 0 Å². The number of rotatable bonds is 7. The van der Waals surface area contributed by atoms with Crippen LogP contribution in [0.5, 0.6) is 5.75 Å². The molecule has 0 spiro atoms. The van der Waals surface area contributed by atoms with Crippen LogP contribution in [0.4, 0.5) is 14.6 Å². The highest BCUT2D eigenvalue weighted by atomic mass is 32.2. The number of halogens is 2. The number of phenolic OH excluding ortho intramolecular Hbond substituents is 1. The van der Waals surface area contributed by atoms with Gasteiger partial charge in [-0.3, -0.25) is 0 Å². The molecule has 1 aliphatic rings. The predicted octanol–water partition coefficient (Wildman–Crippen LogP) is 5.70. The largest absolute Gasteiger partial charge is 0.507 e. The van der Waals surface area contributed by atoms with E-state index in [0.717, 1.165) is 31.9 Å². The first-order valence-electron chi connectivity index (χ1n) is 11.7. The van der Waals surface area contributed by atoms with Gasteiger partial charge in [-0.2, -0.15) is 0 Å². The summed E-state index contributed by atoms with van der Waals surface area (Å²) in [5.74, 6) is -0.00828. The minimum Gasteiger partial charge on any atom is -0.507 e. The number of hydrogen-bond donors (Lipinski definition) is 1. The van der Waals surface area contributed by atoms with Crippen molar-refractivity contribution in [2.24, 2.45) is 5.41 Å². The number of anilines is 1. The molecule has 35 heavy (non-hydrogen) atoms. The molecule has 0 aliphatic heterocycles. The van der Waals surface area contributed by atoms with Gasteiger partial charge < -0.3 is 10.0 Å². The van der Waals surface area contributed by atoms with Crippen molar-refractivity contribution in [3.05, 3.63) is 36.4 Å². The molecule has 3 aromatic rings. The van der Waals surface area contributed by atoms with E-state index >= 15 is 0 Å². The van der Waals surface area contributed by atoms with E-state index in [2.05, 4.69) is 39.0 Å². The van der Waals surface area contributed by atoms with E-state index in [0.29, 0.717) is 28.5 Å². The van der Waals surface area contributed by atoms with Crippen LogP contribution in [-0.4, -0.2) is 55.8 Å². The number of benzene rings is 1. The Morgan fingerprint density at radius 2 is 2.03 bits per heavy atom. The standard InChI is InChI=1S/C25H30F2N6OS/c1-5-9-25(2)10-8-17(26)19(12-25)33(3)21-14-28-23(32-31-21)16-7-6-15(11-20(16)34)22-18(27)13-29-24(30-22)35-4/h6-7,11,13-14,17,19,34H,5,8-10,12H2,1-4H3/t17-,19+,25+/m0/s1. The fourth-order valence-electron chi connectivity index (χ4n) is 4.87. The third-order valence-corrected chi connectivity index (χ3v) is 7.38. The normalized spacial score (nSPS) is 22.2. The summed E-state index contributed by atoms with van der Waals surface area (Å²) in [6.45, 7) is 4.39. The highest BCUT2D eigenvalue weighted by Gasteiger charge is 2.39. The third-order valence-electron chi connectivity index (χ3n) is 6.82. The number of nitrogens with zero attached hydrogens (tertiary/aromatic N) is 6. The van der Waals surface area contributed by atoms with E-state index in [-0.39, 0.29) is 28.7 Å². The Balaban J connectivity index is 1.55. The number of thioether (sulfide) groups is 1. The van der Waals surface area contributed by atoms with Crippen LogP contribution in [0.25, 0.3) is 22.6 Å². The summed E-state index contributed by atoms with van der Waals surface area (Å²) in [7, 11) is 1.83. The summed E-state index contributed by atoms with van der Waals surface area (Å²) >= 11 is 1.30. The molecule has 0 unspecified atom stereocenters. The van der Waals surface area contributed by atoms with Crippen LogP contribution in [0.1, 0.15) is 46.0 Å². The highest BCUT2D eigenvalue weighted by Crippen LogP contribution is 2.43. The van der Waals surface area contributed by atoms with Gasteiger partial charge in [0.2, 0.25) is 0 Å². The van der Waals surface area contributed by atoms with Crippen LogP contribution in [-0.2, 0) is 0 Å². The summed E-state index contributed by atoms with van der Waals surface area (Å²) in [6, 6.07) is 4.36. The van der Waals surface area contributed by atoms with Crippen molar-refractivity contribution in [1.29, 1.82) is 0 Å². The van der Waals surface area contributed by atoms with E-state index in [9.17, 15) is 13.9 Å². The van der Waals surface area contributed by atoms with Gasteiger partial charge in [-0.25, -0.2) is 23.7 Å². The van der Waals surface area contributed by atoms with Gasteiger partial charge in [0, 0.05) is 12.6 Å². The van der Waals surface area contributed by atoms with Crippen LogP contribution < -0.4 is 4.90 Å². The molecular weight excluding hydrogens is 470 g/mol. The molecule has 0 amide bonds. The zero-order valence-electron chi connectivity index (χ0n) is 20.4. The topological polar surface area (TPSA) is 87.9 Å². The molecule has 1 aromatic carbocycles. The Hall–Kier alpha value is -2.88.